The Hall–Kier alpha value is -2.36. The van der Waals surface area contributed by atoms with E-state index in [2.05, 4.69) is 0 Å². The van der Waals surface area contributed by atoms with Crippen LogP contribution < -0.4 is 0 Å². The zero-order valence-corrected chi connectivity index (χ0v) is 9.04. The van der Waals surface area contributed by atoms with E-state index in [1.807, 2.05) is 0 Å². The van der Waals surface area contributed by atoms with Crippen LogP contribution in [0.5, 0.6) is 5.75 Å². The molecular formula is C13H11NO3. The summed E-state index contributed by atoms with van der Waals surface area (Å²) in [5.74, 6) is 0.158. The number of nitro groups is 1. The molecule has 0 aliphatic heterocycles. The third-order valence-electron chi connectivity index (χ3n) is 2.56. The van der Waals surface area contributed by atoms with E-state index in [1.54, 1.807) is 42.5 Å². The Kier molecular flexibility index (Phi) is 3.05. The van der Waals surface area contributed by atoms with Gasteiger partial charge in [-0.3, -0.25) is 10.1 Å². The molecule has 0 amide bonds. The number of aromatic hydroxyl groups is 1. The number of hydrogen-bond donors (Lipinski definition) is 1. The fourth-order valence-electron chi connectivity index (χ4n) is 1.70. The molecule has 0 heterocycles. The molecule has 0 spiro atoms. The Labute approximate surface area is 98.3 Å². The molecule has 0 radical (unpaired) electrons. The van der Waals surface area contributed by atoms with Crippen LogP contribution in [-0.4, -0.2) is 10.0 Å². The summed E-state index contributed by atoms with van der Waals surface area (Å²) in [5.41, 5.74) is 1.36. The zero-order valence-electron chi connectivity index (χ0n) is 9.04. The summed E-state index contributed by atoms with van der Waals surface area (Å²) in [6, 6.07) is 13.4. The average Bonchev–Trinajstić information content (AvgIpc) is 2.32. The Morgan fingerprint density at radius 3 is 2.24 bits per heavy atom. The molecule has 0 unspecified atom stereocenters. The van der Waals surface area contributed by atoms with Gasteiger partial charge in [0, 0.05) is 18.1 Å². The average molecular weight is 229 g/mol. The molecular weight excluding hydrogens is 218 g/mol. The molecule has 2 aromatic rings. The van der Waals surface area contributed by atoms with Crippen LogP contribution in [0, 0.1) is 10.1 Å². The van der Waals surface area contributed by atoms with Crippen LogP contribution in [0.3, 0.4) is 0 Å². The molecule has 0 bridgehead atoms. The monoisotopic (exact) mass is 229 g/mol. The summed E-state index contributed by atoms with van der Waals surface area (Å²) in [5, 5.41) is 20.5. The topological polar surface area (TPSA) is 63.4 Å². The van der Waals surface area contributed by atoms with Crippen LogP contribution in [0.15, 0.2) is 48.5 Å². The predicted molar refractivity (Wildman–Crippen MR) is 64.0 cm³/mol. The zero-order chi connectivity index (χ0) is 12.3. The van der Waals surface area contributed by atoms with Gasteiger partial charge < -0.3 is 5.11 Å². The number of benzene rings is 2. The highest BCUT2D eigenvalue weighted by Gasteiger charge is 2.13. The number of para-hydroxylation sites is 2. The van der Waals surface area contributed by atoms with E-state index >= 15 is 0 Å². The summed E-state index contributed by atoms with van der Waals surface area (Å²) < 4.78 is 0. The number of nitro benzene ring substituents is 1. The van der Waals surface area contributed by atoms with Crippen LogP contribution in [0.2, 0.25) is 0 Å². The highest BCUT2D eigenvalue weighted by molar-refractivity contribution is 5.45. The van der Waals surface area contributed by atoms with Gasteiger partial charge in [-0.1, -0.05) is 36.4 Å². The van der Waals surface area contributed by atoms with E-state index < -0.39 is 4.92 Å². The van der Waals surface area contributed by atoms with Gasteiger partial charge in [-0.2, -0.15) is 0 Å². The van der Waals surface area contributed by atoms with Crippen molar-refractivity contribution in [2.75, 3.05) is 0 Å². The Bertz CT molecular complexity index is 552. The second-order valence-corrected chi connectivity index (χ2v) is 3.69. The van der Waals surface area contributed by atoms with Crippen LogP contribution in [0.25, 0.3) is 0 Å². The molecule has 4 nitrogen and oxygen atoms in total. The maximum Gasteiger partial charge on any atom is 0.272 e. The van der Waals surface area contributed by atoms with Gasteiger partial charge in [0.1, 0.15) is 5.75 Å². The maximum atomic E-state index is 10.8. The normalized spacial score (nSPS) is 10.1. The van der Waals surface area contributed by atoms with Crippen molar-refractivity contribution in [1.29, 1.82) is 0 Å². The van der Waals surface area contributed by atoms with Crippen molar-refractivity contribution in [3.63, 3.8) is 0 Å². The van der Waals surface area contributed by atoms with Crippen molar-refractivity contribution in [3.05, 3.63) is 69.8 Å². The predicted octanol–water partition coefficient (Wildman–Crippen LogP) is 2.89. The first-order valence-corrected chi connectivity index (χ1v) is 5.17. The maximum absolute atomic E-state index is 10.8. The summed E-state index contributed by atoms with van der Waals surface area (Å²) in [6.07, 6.45) is 0.351. The second kappa shape index (κ2) is 4.65. The van der Waals surface area contributed by atoms with Gasteiger partial charge in [0.2, 0.25) is 0 Å². The molecule has 0 saturated heterocycles. The van der Waals surface area contributed by atoms with Crippen molar-refractivity contribution in [1.82, 2.24) is 0 Å². The summed E-state index contributed by atoms with van der Waals surface area (Å²) in [7, 11) is 0. The molecule has 0 aliphatic rings. The van der Waals surface area contributed by atoms with Crippen LogP contribution in [0.4, 0.5) is 5.69 Å². The summed E-state index contributed by atoms with van der Waals surface area (Å²) in [4.78, 5) is 10.4. The highest BCUT2D eigenvalue weighted by Crippen LogP contribution is 2.25. The van der Waals surface area contributed by atoms with Crippen LogP contribution in [-0.2, 0) is 6.42 Å². The quantitative estimate of drug-likeness (QED) is 0.650. The lowest BCUT2D eigenvalue weighted by Crippen LogP contribution is -1.96. The minimum Gasteiger partial charge on any atom is -0.508 e. The van der Waals surface area contributed by atoms with Crippen LogP contribution in [0.1, 0.15) is 11.1 Å². The van der Waals surface area contributed by atoms with Crippen molar-refractivity contribution in [3.8, 4) is 5.75 Å². The lowest BCUT2D eigenvalue weighted by Gasteiger charge is -2.04. The van der Waals surface area contributed by atoms with E-state index in [0.29, 0.717) is 17.5 Å². The minimum atomic E-state index is -0.407. The third-order valence-corrected chi connectivity index (χ3v) is 2.56. The lowest BCUT2D eigenvalue weighted by atomic mass is 10.0. The Morgan fingerprint density at radius 2 is 1.59 bits per heavy atom. The minimum absolute atomic E-state index is 0.0794. The van der Waals surface area contributed by atoms with Gasteiger partial charge in [-0.05, 0) is 11.6 Å². The van der Waals surface area contributed by atoms with Gasteiger partial charge in [0.15, 0.2) is 0 Å². The van der Waals surface area contributed by atoms with Gasteiger partial charge in [-0.25, -0.2) is 0 Å². The lowest BCUT2D eigenvalue weighted by molar-refractivity contribution is -0.385. The van der Waals surface area contributed by atoms with Crippen LogP contribution >= 0.6 is 0 Å². The molecule has 17 heavy (non-hydrogen) atoms. The molecule has 1 N–H and O–H groups in total. The molecule has 0 aliphatic carbocycles. The number of phenols is 1. The van der Waals surface area contributed by atoms with E-state index in [4.69, 9.17) is 0 Å². The van der Waals surface area contributed by atoms with Crippen molar-refractivity contribution in [2.45, 2.75) is 6.42 Å². The van der Waals surface area contributed by atoms with E-state index in [0.717, 1.165) is 0 Å². The van der Waals surface area contributed by atoms with E-state index in [9.17, 15) is 15.2 Å². The number of hydrogen-bond acceptors (Lipinski definition) is 3. The molecule has 86 valence electrons. The second-order valence-electron chi connectivity index (χ2n) is 3.69. The van der Waals surface area contributed by atoms with Gasteiger partial charge in [-0.15, -0.1) is 0 Å². The van der Waals surface area contributed by atoms with E-state index in [-0.39, 0.29) is 11.4 Å². The van der Waals surface area contributed by atoms with Crippen molar-refractivity contribution < 1.29 is 10.0 Å². The van der Waals surface area contributed by atoms with Gasteiger partial charge >= 0.3 is 0 Å². The summed E-state index contributed by atoms with van der Waals surface area (Å²) >= 11 is 0. The fourth-order valence-corrected chi connectivity index (χ4v) is 1.70. The third kappa shape index (κ3) is 2.42. The van der Waals surface area contributed by atoms with Gasteiger partial charge in [0.05, 0.1) is 4.92 Å². The molecule has 0 aromatic heterocycles. The van der Waals surface area contributed by atoms with Gasteiger partial charge in [0.25, 0.3) is 5.69 Å². The standard InChI is InChI=1S/C13H11NO3/c15-13-8-4-2-6-11(13)9-10-5-1-3-7-12(10)14(16)17/h1-8,15H,9H2. The smallest absolute Gasteiger partial charge is 0.272 e. The number of phenolic OH excluding ortho intramolecular Hbond substituents is 1. The first-order chi connectivity index (χ1) is 8.18. The molecule has 0 fully saturated rings. The summed E-state index contributed by atoms with van der Waals surface area (Å²) in [6.45, 7) is 0. The first-order valence-electron chi connectivity index (χ1n) is 5.17. The number of rotatable bonds is 3. The fraction of sp³-hybridized carbons (Fsp3) is 0.0769. The molecule has 0 saturated carbocycles. The van der Waals surface area contributed by atoms with Crippen molar-refractivity contribution in [2.24, 2.45) is 0 Å². The largest absolute Gasteiger partial charge is 0.508 e. The Morgan fingerprint density at radius 1 is 1.00 bits per heavy atom. The van der Waals surface area contributed by atoms with E-state index in [1.165, 1.54) is 6.07 Å². The molecule has 4 heteroatoms. The highest BCUT2D eigenvalue weighted by atomic mass is 16.6. The molecule has 2 rings (SSSR count). The van der Waals surface area contributed by atoms with Crippen molar-refractivity contribution >= 4 is 5.69 Å². The first kappa shape index (κ1) is 11.1. The molecule has 2 aromatic carbocycles. The SMILES string of the molecule is O=[N+]([O-])c1ccccc1Cc1ccccc1O. The Balaban J connectivity index is 2.37. The molecule has 0 atom stereocenters. The number of nitrogens with zero attached hydrogens (tertiary/aromatic N) is 1.